The van der Waals surface area contributed by atoms with Crippen molar-refractivity contribution in [1.82, 2.24) is 0 Å². The first kappa shape index (κ1) is 14.7. The van der Waals surface area contributed by atoms with Crippen LogP contribution in [0, 0.1) is 11.3 Å². The van der Waals surface area contributed by atoms with Gasteiger partial charge in [-0.15, -0.1) is 0 Å². The Bertz CT molecular complexity index is 831. The Balaban J connectivity index is 1.88. The van der Waals surface area contributed by atoms with Crippen LogP contribution in [0.1, 0.15) is 33.0 Å². The van der Waals surface area contributed by atoms with Crippen LogP contribution in [0.5, 0.6) is 0 Å². The molecule has 23 heavy (non-hydrogen) atoms. The molecule has 0 aliphatic rings. The molecular formula is C21H15NO. The molecule has 1 atom stereocenters. The Morgan fingerprint density at radius 2 is 1.17 bits per heavy atom. The molecule has 0 amide bonds. The van der Waals surface area contributed by atoms with Gasteiger partial charge in [-0.2, -0.15) is 5.26 Å². The molecule has 3 aromatic rings. The lowest BCUT2D eigenvalue weighted by Gasteiger charge is -2.10. The molecule has 0 aromatic heterocycles. The van der Waals surface area contributed by atoms with E-state index in [0.717, 1.165) is 11.1 Å². The van der Waals surface area contributed by atoms with Crippen molar-refractivity contribution in [3.63, 3.8) is 0 Å². The molecule has 3 aromatic carbocycles. The SMILES string of the molecule is N#CC(c1ccccc1)c1ccc(C(=O)c2ccccc2)cc1. The smallest absolute Gasteiger partial charge is 0.193 e. The second-order valence-corrected chi connectivity index (χ2v) is 5.29. The first-order valence-corrected chi connectivity index (χ1v) is 7.44. The van der Waals surface area contributed by atoms with Gasteiger partial charge in [0.2, 0.25) is 0 Å². The Morgan fingerprint density at radius 1 is 0.696 bits per heavy atom. The van der Waals surface area contributed by atoms with Crippen molar-refractivity contribution in [2.24, 2.45) is 0 Å². The summed E-state index contributed by atoms with van der Waals surface area (Å²) in [4.78, 5) is 12.4. The van der Waals surface area contributed by atoms with Crippen LogP contribution in [-0.4, -0.2) is 5.78 Å². The minimum absolute atomic E-state index is 0.00892. The molecule has 1 unspecified atom stereocenters. The zero-order valence-corrected chi connectivity index (χ0v) is 12.5. The van der Waals surface area contributed by atoms with E-state index in [1.165, 1.54) is 0 Å². The Kier molecular flexibility index (Phi) is 4.31. The third-order valence-electron chi connectivity index (χ3n) is 3.80. The fourth-order valence-electron chi connectivity index (χ4n) is 2.57. The second-order valence-electron chi connectivity index (χ2n) is 5.29. The number of rotatable bonds is 4. The van der Waals surface area contributed by atoms with E-state index in [0.29, 0.717) is 11.1 Å². The summed E-state index contributed by atoms with van der Waals surface area (Å²) in [5.41, 5.74) is 3.14. The average Bonchev–Trinajstić information content (AvgIpc) is 2.64. The van der Waals surface area contributed by atoms with E-state index in [2.05, 4.69) is 6.07 Å². The van der Waals surface area contributed by atoms with E-state index in [4.69, 9.17) is 0 Å². The number of carbonyl (C=O) groups is 1. The number of carbonyl (C=O) groups excluding carboxylic acids is 1. The van der Waals surface area contributed by atoms with E-state index in [1.807, 2.05) is 60.7 Å². The predicted molar refractivity (Wildman–Crippen MR) is 90.2 cm³/mol. The van der Waals surface area contributed by atoms with Crippen molar-refractivity contribution in [3.8, 4) is 6.07 Å². The molecule has 110 valence electrons. The van der Waals surface area contributed by atoms with Gasteiger partial charge < -0.3 is 0 Å². The number of hydrogen-bond donors (Lipinski definition) is 0. The molecule has 3 rings (SSSR count). The summed E-state index contributed by atoms with van der Waals surface area (Å²) in [6.07, 6.45) is 0. The van der Waals surface area contributed by atoms with Gasteiger partial charge in [0.05, 0.1) is 12.0 Å². The van der Waals surface area contributed by atoms with Crippen molar-refractivity contribution in [2.75, 3.05) is 0 Å². The van der Waals surface area contributed by atoms with E-state index in [9.17, 15) is 10.1 Å². The first-order valence-electron chi connectivity index (χ1n) is 7.44. The van der Waals surface area contributed by atoms with Crippen LogP contribution in [0.3, 0.4) is 0 Å². The molecule has 0 saturated carbocycles. The average molecular weight is 297 g/mol. The van der Waals surface area contributed by atoms with Gasteiger partial charge in [-0.25, -0.2) is 0 Å². The van der Waals surface area contributed by atoms with Crippen molar-refractivity contribution in [1.29, 1.82) is 5.26 Å². The zero-order valence-electron chi connectivity index (χ0n) is 12.5. The highest BCUT2D eigenvalue weighted by Crippen LogP contribution is 2.24. The summed E-state index contributed by atoms with van der Waals surface area (Å²) in [5.74, 6) is -0.331. The molecule has 0 spiro atoms. The molecule has 0 heterocycles. The molecule has 0 bridgehead atoms. The van der Waals surface area contributed by atoms with Crippen LogP contribution >= 0.6 is 0 Å². The van der Waals surface area contributed by atoms with Gasteiger partial charge >= 0.3 is 0 Å². The van der Waals surface area contributed by atoms with E-state index < -0.39 is 0 Å². The Morgan fingerprint density at radius 3 is 1.74 bits per heavy atom. The standard InChI is InChI=1S/C21H15NO/c22-15-20(16-7-3-1-4-8-16)17-11-13-19(14-12-17)21(23)18-9-5-2-6-10-18/h1-14,20H. The maximum absolute atomic E-state index is 12.4. The third kappa shape index (κ3) is 3.20. The lowest BCUT2D eigenvalue weighted by molar-refractivity contribution is 0.103. The van der Waals surface area contributed by atoms with Gasteiger partial charge in [0.1, 0.15) is 0 Å². The number of ketones is 1. The number of hydrogen-bond acceptors (Lipinski definition) is 2. The van der Waals surface area contributed by atoms with Crippen LogP contribution in [0.25, 0.3) is 0 Å². The highest BCUT2D eigenvalue weighted by atomic mass is 16.1. The molecule has 2 nitrogen and oxygen atoms in total. The van der Waals surface area contributed by atoms with E-state index in [1.54, 1.807) is 24.3 Å². The lowest BCUT2D eigenvalue weighted by Crippen LogP contribution is -2.03. The number of benzene rings is 3. The summed E-state index contributed by atoms with van der Waals surface area (Å²) < 4.78 is 0. The summed E-state index contributed by atoms with van der Waals surface area (Å²) in [5, 5.41) is 9.47. The summed E-state index contributed by atoms with van der Waals surface area (Å²) in [6, 6.07) is 28.5. The van der Waals surface area contributed by atoms with Crippen LogP contribution < -0.4 is 0 Å². The number of nitriles is 1. The summed E-state index contributed by atoms with van der Waals surface area (Å²) in [7, 11) is 0. The second kappa shape index (κ2) is 6.72. The number of nitrogens with zero attached hydrogens (tertiary/aromatic N) is 1. The van der Waals surface area contributed by atoms with Gasteiger partial charge in [0.25, 0.3) is 0 Å². The highest BCUT2D eigenvalue weighted by molar-refractivity contribution is 6.08. The van der Waals surface area contributed by atoms with Crippen molar-refractivity contribution in [3.05, 3.63) is 107 Å². The maximum atomic E-state index is 12.4. The molecule has 0 radical (unpaired) electrons. The third-order valence-corrected chi connectivity index (χ3v) is 3.80. The normalized spacial score (nSPS) is 11.4. The van der Waals surface area contributed by atoms with Crippen molar-refractivity contribution < 1.29 is 4.79 Å². The topological polar surface area (TPSA) is 40.9 Å². The minimum atomic E-state index is -0.322. The molecule has 0 aliphatic carbocycles. The maximum Gasteiger partial charge on any atom is 0.193 e. The van der Waals surface area contributed by atoms with E-state index in [-0.39, 0.29) is 11.7 Å². The van der Waals surface area contributed by atoms with Gasteiger partial charge in [-0.1, -0.05) is 84.9 Å². The molecule has 0 fully saturated rings. The Hall–Kier alpha value is -3.18. The highest BCUT2D eigenvalue weighted by Gasteiger charge is 2.14. The molecular weight excluding hydrogens is 282 g/mol. The predicted octanol–water partition coefficient (Wildman–Crippen LogP) is 4.57. The van der Waals surface area contributed by atoms with Gasteiger partial charge in [0, 0.05) is 11.1 Å². The quantitative estimate of drug-likeness (QED) is 0.662. The first-order chi connectivity index (χ1) is 11.3. The Labute approximate surface area is 135 Å². The monoisotopic (exact) mass is 297 g/mol. The van der Waals surface area contributed by atoms with E-state index >= 15 is 0 Å². The molecule has 0 saturated heterocycles. The van der Waals surface area contributed by atoms with Gasteiger partial charge in [-0.05, 0) is 11.1 Å². The summed E-state index contributed by atoms with van der Waals surface area (Å²) >= 11 is 0. The van der Waals surface area contributed by atoms with Crippen molar-refractivity contribution in [2.45, 2.75) is 5.92 Å². The van der Waals surface area contributed by atoms with Crippen molar-refractivity contribution >= 4 is 5.78 Å². The summed E-state index contributed by atoms with van der Waals surface area (Å²) in [6.45, 7) is 0. The van der Waals surface area contributed by atoms with Crippen LogP contribution in [0.2, 0.25) is 0 Å². The van der Waals surface area contributed by atoms with Crippen LogP contribution in [0.15, 0.2) is 84.9 Å². The molecule has 2 heteroatoms. The largest absolute Gasteiger partial charge is 0.289 e. The van der Waals surface area contributed by atoms with Crippen LogP contribution in [0.4, 0.5) is 0 Å². The van der Waals surface area contributed by atoms with Gasteiger partial charge in [-0.3, -0.25) is 4.79 Å². The lowest BCUT2D eigenvalue weighted by atomic mass is 9.91. The molecule has 0 N–H and O–H groups in total. The van der Waals surface area contributed by atoms with Crippen LogP contribution in [-0.2, 0) is 0 Å². The van der Waals surface area contributed by atoms with Gasteiger partial charge in [0.15, 0.2) is 5.78 Å². The fraction of sp³-hybridized carbons (Fsp3) is 0.0476. The minimum Gasteiger partial charge on any atom is -0.289 e. The molecule has 0 aliphatic heterocycles. The zero-order chi connectivity index (χ0) is 16.1. The fourth-order valence-corrected chi connectivity index (χ4v) is 2.57.